The van der Waals surface area contributed by atoms with Gasteiger partial charge in [0.1, 0.15) is 6.61 Å². The van der Waals surface area contributed by atoms with Crippen molar-refractivity contribution >= 4 is 5.97 Å². The van der Waals surface area contributed by atoms with E-state index in [0.29, 0.717) is 12.2 Å². The fourth-order valence-corrected chi connectivity index (χ4v) is 1.07. The first-order valence-electron chi connectivity index (χ1n) is 4.48. The third-order valence-corrected chi connectivity index (χ3v) is 1.80. The van der Waals surface area contributed by atoms with Crippen LogP contribution in [0.2, 0.25) is 0 Å². The van der Waals surface area contributed by atoms with Crippen LogP contribution in [0.15, 0.2) is 36.4 Å². The lowest BCUT2D eigenvalue weighted by Crippen LogP contribution is -2.04. The van der Waals surface area contributed by atoms with Crippen LogP contribution in [0.1, 0.15) is 18.1 Å². The maximum atomic E-state index is 11.1. The van der Waals surface area contributed by atoms with Gasteiger partial charge >= 0.3 is 5.97 Å². The van der Waals surface area contributed by atoms with Crippen molar-refractivity contribution in [3.05, 3.63) is 47.5 Å². The van der Waals surface area contributed by atoms with E-state index in [1.165, 1.54) is 0 Å². The molecule has 1 aromatic carbocycles. The van der Waals surface area contributed by atoms with Gasteiger partial charge in [-0.3, -0.25) is 0 Å². The fraction of sp³-hybridized carbons (Fsp3) is 0.250. The van der Waals surface area contributed by atoms with E-state index in [1.807, 2.05) is 31.2 Å². The Labute approximate surface area is 84.2 Å². The van der Waals surface area contributed by atoms with Crippen molar-refractivity contribution in [2.24, 2.45) is 0 Å². The van der Waals surface area contributed by atoms with E-state index in [4.69, 9.17) is 4.74 Å². The zero-order chi connectivity index (χ0) is 10.6. The molecule has 14 heavy (non-hydrogen) atoms. The van der Waals surface area contributed by atoms with E-state index in [-0.39, 0.29) is 5.97 Å². The Bertz CT molecular complexity index is 353. The van der Waals surface area contributed by atoms with Gasteiger partial charge in [-0.05, 0) is 19.4 Å². The highest BCUT2D eigenvalue weighted by Crippen LogP contribution is 2.06. The summed E-state index contributed by atoms with van der Waals surface area (Å²) in [7, 11) is 0. The van der Waals surface area contributed by atoms with E-state index in [1.54, 1.807) is 6.92 Å². The molecule has 0 fully saturated rings. The largest absolute Gasteiger partial charge is 0.457 e. The number of rotatable bonds is 3. The van der Waals surface area contributed by atoms with Gasteiger partial charge in [-0.2, -0.15) is 0 Å². The molecule has 0 aliphatic carbocycles. The molecule has 0 unspecified atom stereocenters. The predicted molar refractivity (Wildman–Crippen MR) is 55.8 cm³/mol. The Morgan fingerprint density at radius 1 is 1.50 bits per heavy atom. The van der Waals surface area contributed by atoms with Crippen LogP contribution in [0, 0.1) is 6.92 Å². The van der Waals surface area contributed by atoms with Gasteiger partial charge in [0.05, 0.1) is 0 Å². The van der Waals surface area contributed by atoms with Crippen LogP contribution in [0.25, 0.3) is 0 Å². The van der Waals surface area contributed by atoms with Crippen molar-refractivity contribution in [3.63, 3.8) is 0 Å². The Hall–Kier alpha value is -1.57. The summed E-state index contributed by atoms with van der Waals surface area (Å²) in [6.45, 7) is 7.46. The smallest absolute Gasteiger partial charge is 0.333 e. The highest BCUT2D eigenvalue weighted by molar-refractivity contribution is 5.86. The zero-order valence-corrected chi connectivity index (χ0v) is 8.54. The van der Waals surface area contributed by atoms with Crippen LogP contribution in [-0.4, -0.2) is 5.97 Å². The molecule has 0 amide bonds. The normalized spacial score (nSPS) is 9.57. The molecule has 0 N–H and O–H groups in total. The Morgan fingerprint density at radius 2 is 2.21 bits per heavy atom. The van der Waals surface area contributed by atoms with Crippen LogP contribution in [0.3, 0.4) is 0 Å². The van der Waals surface area contributed by atoms with Crippen LogP contribution < -0.4 is 0 Å². The van der Waals surface area contributed by atoms with Crippen molar-refractivity contribution in [1.82, 2.24) is 0 Å². The summed E-state index contributed by atoms with van der Waals surface area (Å²) in [5.41, 5.74) is 2.59. The number of benzene rings is 1. The van der Waals surface area contributed by atoms with Gasteiger partial charge in [0.2, 0.25) is 0 Å². The van der Waals surface area contributed by atoms with Gasteiger partial charge in [0.25, 0.3) is 0 Å². The molecule has 74 valence electrons. The summed E-state index contributed by atoms with van der Waals surface area (Å²) in [6.07, 6.45) is 0. The standard InChI is InChI=1S/C12H14O2/c1-9(2)12(13)14-8-11-6-4-5-10(3)7-11/h4-7H,1,8H2,2-3H3. The lowest BCUT2D eigenvalue weighted by Gasteiger charge is -2.04. The highest BCUT2D eigenvalue weighted by Gasteiger charge is 2.02. The van der Waals surface area contributed by atoms with E-state index >= 15 is 0 Å². The summed E-state index contributed by atoms with van der Waals surface area (Å²) in [5, 5.41) is 0. The zero-order valence-electron chi connectivity index (χ0n) is 8.54. The summed E-state index contributed by atoms with van der Waals surface area (Å²) < 4.78 is 5.01. The lowest BCUT2D eigenvalue weighted by atomic mass is 10.1. The summed E-state index contributed by atoms with van der Waals surface area (Å²) in [5.74, 6) is -0.341. The minimum Gasteiger partial charge on any atom is -0.457 e. The maximum absolute atomic E-state index is 11.1. The van der Waals surface area contributed by atoms with E-state index in [0.717, 1.165) is 11.1 Å². The number of ether oxygens (including phenoxy) is 1. The second-order valence-electron chi connectivity index (χ2n) is 3.35. The summed E-state index contributed by atoms with van der Waals surface area (Å²) >= 11 is 0. The summed E-state index contributed by atoms with van der Waals surface area (Å²) in [6, 6.07) is 7.87. The number of aryl methyl sites for hydroxylation is 1. The lowest BCUT2D eigenvalue weighted by molar-refractivity contribution is -0.140. The van der Waals surface area contributed by atoms with Gasteiger partial charge < -0.3 is 4.74 Å². The van der Waals surface area contributed by atoms with E-state index in [9.17, 15) is 4.79 Å². The third-order valence-electron chi connectivity index (χ3n) is 1.80. The minimum atomic E-state index is -0.341. The molecule has 2 nitrogen and oxygen atoms in total. The molecule has 0 aromatic heterocycles. The number of esters is 1. The minimum absolute atomic E-state index is 0.313. The highest BCUT2D eigenvalue weighted by atomic mass is 16.5. The topological polar surface area (TPSA) is 26.3 Å². The fourth-order valence-electron chi connectivity index (χ4n) is 1.07. The van der Waals surface area contributed by atoms with Crippen molar-refractivity contribution < 1.29 is 9.53 Å². The number of hydrogen-bond donors (Lipinski definition) is 0. The molecular formula is C12H14O2. The first-order chi connectivity index (χ1) is 6.59. The molecule has 0 heterocycles. The number of carbonyl (C=O) groups excluding carboxylic acids is 1. The average molecular weight is 190 g/mol. The second kappa shape index (κ2) is 4.61. The Morgan fingerprint density at radius 3 is 2.79 bits per heavy atom. The molecule has 1 aromatic rings. The SMILES string of the molecule is C=C(C)C(=O)OCc1cccc(C)c1. The first-order valence-corrected chi connectivity index (χ1v) is 4.48. The Balaban J connectivity index is 2.54. The maximum Gasteiger partial charge on any atom is 0.333 e. The second-order valence-corrected chi connectivity index (χ2v) is 3.35. The third kappa shape index (κ3) is 3.05. The van der Waals surface area contributed by atoms with E-state index < -0.39 is 0 Å². The van der Waals surface area contributed by atoms with Crippen molar-refractivity contribution in [1.29, 1.82) is 0 Å². The number of hydrogen-bond acceptors (Lipinski definition) is 2. The van der Waals surface area contributed by atoms with Gasteiger partial charge in [0, 0.05) is 5.57 Å². The molecule has 0 saturated carbocycles. The van der Waals surface area contributed by atoms with Crippen LogP contribution in [-0.2, 0) is 16.1 Å². The molecule has 0 saturated heterocycles. The molecule has 2 heteroatoms. The molecule has 1 rings (SSSR count). The van der Waals surface area contributed by atoms with Gasteiger partial charge in [-0.25, -0.2) is 4.79 Å². The monoisotopic (exact) mass is 190 g/mol. The first kappa shape index (κ1) is 10.5. The molecule has 0 aliphatic rings. The Kier molecular flexibility index (Phi) is 3.46. The van der Waals surface area contributed by atoms with Crippen LogP contribution in [0.5, 0.6) is 0 Å². The average Bonchev–Trinajstić information content (AvgIpc) is 2.14. The molecule has 0 bridgehead atoms. The summed E-state index contributed by atoms with van der Waals surface area (Å²) in [4.78, 5) is 11.1. The van der Waals surface area contributed by atoms with Crippen molar-refractivity contribution in [3.8, 4) is 0 Å². The molecule has 0 aliphatic heterocycles. The van der Waals surface area contributed by atoms with E-state index in [2.05, 4.69) is 6.58 Å². The van der Waals surface area contributed by atoms with Crippen LogP contribution in [0.4, 0.5) is 0 Å². The van der Waals surface area contributed by atoms with Crippen molar-refractivity contribution in [2.75, 3.05) is 0 Å². The van der Waals surface area contributed by atoms with Gasteiger partial charge in [-0.1, -0.05) is 36.4 Å². The molecular weight excluding hydrogens is 176 g/mol. The molecule has 0 spiro atoms. The quantitative estimate of drug-likeness (QED) is 0.541. The van der Waals surface area contributed by atoms with Crippen LogP contribution >= 0.6 is 0 Å². The van der Waals surface area contributed by atoms with Gasteiger partial charge in [-0.15, -0.1) is 0 Å². The van der Waals surface area contributed by atoms with Crippen molar-refractivity contribution in [2.45, 2.75) is 20.5 Å². The predicted octanol–water partition coefficient (Wildman–Crippen LogP) is 2.61. The number of carbonyl (C=O) groups is 1. The molecule has 0 atom stereocenters. The molecule has 0 radical (unpaired) electrons. The van der Waals surface area contributed by atoms with Gasteiger partial charge in [0.15, 0.2) is 0 Å².